The summed E-state index contributed by atoms with van der Waals surface area (Å²) < 4.78 is 5.08. The van der Waals surface area contributed by atoms with Gasteiger partial charge in [0.1, 0.15) is 5.69 Å². The first-order valence-corrected chi connectivity index (χ1v) is 9.74. The van der Waals surface area contributed by atoms with Crippen molar-refractivity contribution in [3.05, 3.63) is 77.5 Å². The summed E-state index contributed by atoms with van der Waals surface area (Å²) >= 11 is 0. The molecule has 0 unspecified atom stereocenters. The number of nitrogens with one attached hydrogen (secondary N) is 1. The Balaban J connectivity index is 0.000000239. The Morgan fingerprint density at radius 1 is 1.17 bits per heavy atom. The lowest BCUT2D eigenvalue weighted by Gasteiger charge is -2.36. The molecule has 7 heteroatoms. The highest BCUT2D eigenvalue weighted by Gasteiger charge is 2.32. The number of aliphatic carboxylic acids is 1. The molecule has 0 saturated carbocycles. The van der Waals surface area contributed by atoms with Crippen LogP contribution in [0.15, 0.2) is 65.2 Å². The molecule has 0 spiro atoms. The van der Waals surface area contributed by atoms with Crippen LogP contribution in [-0.2, 0) is 17.9 Å². The minimum Gasteiger partial charge on any atom is -0.481 e. The monoisotopic (exact) mass is 407 g/mol. The van der Waals surface area contributed by atoms with E-state index in [0.29, 0.717) is 25.1 Å². The molecule has 156 valence electrons. The number of hydrogen-bond acceptors (Lipinski definition) is 6. The first kappa shape index (κ1) is 21.4. The number of hydrogen-bond donors (Lipinski definition) is 2. The molecule has 0 bridgehead atoms. The minimum atomic E-state index is -0.724. The average Bonchev–Trinajstić information content (AvgIpc) is 3.21. The molecule has 1 fully saturated rings. The molecule has 1 aliphatic rings. The molecule has 1 aliphatic heterocycles. The molecule has 2 heterocycles. The van der Waals surface area contributed by atoms with Gasteiger partial charge in [-0.15, -0.1) is 0 Å². The molecular weight excluding hydrogens is 382 g/mol. The van der Waals surface area contributed by atoms with Crippen LogP contribution in [0.4, 0.5) is 0 Å². The molecule has 3 aromatic rings. The average molecular weight is 407 g/mol. The molecular formula is C23H25N3O4. The molecule has 4 rings (SSSR count). The van der Waals surface area contributed by atoms with Crippen LogP contribution in [0, 0.1) is 5.92 Å². The van der Waals surface area contributed by atoms with Crippen LogP contribution in [0.3, 0.4) is 0 Å². The van der Waals surface area contributed by atoms with E-state index < -0.39 is 5.97 Å². The van der Waals surface area contributed by atoms with Crippen molar-refractivity contribution in [2.24, 2.45) is 5.92 Å². The van der Waals surface area contributed by atoms with Crippen LogP contribution in [0.5, 0.6) is 0 Å². The van der Waals surface area contributed by atoms with Crippen LogP contribution in [0.25, 0.3) is 11.3 Å². The van der Waals surface area contributed by atoms with Crippen molar-refractivity contribution in [1.82, 2.24) is 15.4 Å². The molecule has 2 aromatic carbocycles. The lowest BCUT2D eigenvalue weighted by atomic mass is 9.99. The van der Waals surface area contributed by atoms with E-state index >= 15 is 0 Å². The van der Waals surface area contributed by atoms with E-state index in [2.05, 4.69) is 27.5 Å². The number of benzene rings is 2. The predicted molar refractivity (Wildman–Crippen MR) is 113 cm³/mol. The molecule has 2 N–H and O–H groups in total. The smallest absolute Gasteiger partial charge is 0.309 e. The zero-order valence-electron chi connectivity index (χ0n) is 16.8. The molecule has 0 amide bonds. The van der Waals surface area contributed by atoms with E-state index in [1.807, 2.05) is 49.5 Å². The molecule has 1 saturated heterocycles. The Labute approximate surface area is 175 Å². The number of carbonyl (C=O) groups is 2. The second-order valence-electron chi connectivity index (χ2n) is 7.18. The van der Waals surface area contributed by atoms with Crippen molar-refractivity contribution in [2.45, 2.75) is 13.1 Å². The van der Waals surface area contributed by atoms with Gasteiger partial charge < -0.3 is 14.9 Å². The Bertz CT molecular complexity index is 948. The van der Waals surface area contributed by atoms with Gasteiger partial charge in [0, 0.05) is 37.8 Å². The van der Waals surface area contributed by atoms with E-state index in [-0.39, 0.29) is 11.6 Å². The first-order valence-electron chi connectivity index (χ1n) is 9.74. The lowest BCUT2D eigenvalue weighted by molar-refractivity contribution is -0.147. The summed E-state index contributed by atoms with van der Waals surface area (Å²) in [4.78, 5) is 23.4. The number of carbonyl (C=O) groups excluding carboxylic acids is 1. The Morgan fingerprint density at radius 2 is 1.87 bits per heavy atom. The number of aldehydes is 1. The highest BCUT2D eigenvalue weighted by atomic mass is 16.5. The number of carboxylic acid groups (broad SMARTS) is 1. The first-order chi connectivity index (χ1) is 14.6. The maximum Gasteiger partial charge on any atom is 0.309 e. The summed E-state index contributed by atoms with van der Waals surface area (Å²) in [7, 11) is 1.95. The predicted octanol–water partition coefficient (Wildman–Crippen LogP) is 3.08. The fraction of sp³-hybridized carbons (Fsp3) is 0.261. The Hall–Kier alpha value is -3.29. The molecule has 0 atom stereocenters. The number of rotatable bonds is 7. The Morgan fingerprint density at radius 3 is 2.43 bits per heavy atom. The molecule has 1 aromatic heterocycles. The van der Waals surface area contributed by atoms with Crippen LogP contribution in [0.2, 0.25) is 0 Å². The number of carboxylic acids is 1. The summed E-state index contributed by atoms with van der Waals surface area (Å²) in [5, 5.41) is 15.5. The van der Waals surface area contributed by atoms with Crippen LogP contribution >= 0.6 is 0 Å². The van der Waals surface area contributed by atoms with Gasteiger partial charge in [0.15, 0.2) is 12.0 Å². The van der Waals surface area contributed by atoms with Crippen LogP contribution in [-0.4, -0.2) is 47.6 Å². The number of aromatic nitrogens is 1. The quantitative estimate of drug-likeness (QED) is 0.581. The van der Waals surface area contributed by atoms with Gasteiger partial charge in [0.2, 0.25) is 0 Å². The third-order valence-electron chi connectivity index (χ3n) is 4.82. The van der Waals surface area contributed by atoms with E-state index in [9.17, 15) is 9.59 Å². The van der Waals surface area contributed by atoms with Gasteiger partial charge in [-0.25, -0.2) is 0 Å². The summed E-state index contributed by atoms with van der Waals surface area (Å²) in [6.45, 7) is 2.89. The van der Waals surface area contributed by atoms with Crippen molar-refractivity contribution in [3.8, 4) is 11.3 Å². The maximum atomic E-state index is 10.7. The maximum absolute atomic E-state index is 10.7. The van der Waals surface area contributed by atoms with Crippen LogP contribution in [0.1, 0.15) is 21.6 Å². The molecule has 0 aliphatic carbocycles. The largest absolute Gasteiger partial charge is 0.481 e. The highest BCUT2D eigenvalue weighted by molar-refractivity contribution is 5.74. The normalized spacial score (nSPS) is 13.8. The zero-order valence-corrected chi connectivity index (χ0v) is 16.8. The highest BCUT2D eigenvalue weighted by Crippen LogP contribution is 2.23. The van der Waals surface area contributed by atoms with Gasteiger partial charge in [0.25, 0.3) is 0 Å². The van der Waals surface area contributed by atoms with Gasteiger partial charge in [-0.1, -0.05) is 59.8 Å². The van der Waals surface area contributed by atoms with Crippen LogP contribution < -0.4 is 5.32 Å². The van der Waals surface area contributed by atoms with E-state index in [0.717, 1.165) is 24.2 Å². The van der Waals surface area contributed by atoms with Gasteiger partial charge >= 0.3 is 5.97 Å². The number of likely N-dealkylation sites (tertiary alicyclic amines) is 1. The van der Waals surface area contributed by atoms with Crippen molar-refractivity contribution in [3.63, 3.8) is 0 Å². The lowest BCUT2D eigenvalue weighted by Crippen LogP contribution is -2.49. The van der Waals surface area contributed by atoms with Crippen molar-refractivity contribution in [1.29, 1.82) is 0 Å². The minimum absolute atomic E-state index is 0.236. The summed E-state index contributed by atoms with van der Waals surface area (Å²) in [5.41, 5.74) is 3.57. The standard InChI is InChI=1S/C15H14N2O4.C8H11N/c18-9-13-5-14(21-16-13)11-3-1-10(2-4-11)6-17-7-12(8-17)15(19)20;1-9-7-8-5-3-2-4-6-8/h1-5,9,12H,6-8H2,(H,19,20);2-6,9H,7H2,1H3. The second-order valence-corrected chi connectivity index (χ2v) is 7.18. The zero-order chi connectivity index (χ0) is 21.3. The number of nitrogens with zero attached hydrogens (tertiary/aromatic N) is 2. The van der Waals surface area contributed by atoms with Gasteiger partial charge in [0.05, 0.1) is 5.92 Å². The molecule has 0 radical (unpaired) electrons. The topological polar surface area (TPSA) is 95.7 Å². The summed E-state index contributed by atoms with van der Waals surface area (Å²) in [5.74, 6) is -0.406. The Kier molecular flexibility index (Phi) is 7.48. The van der Waals surface area contributed by atoms with E-state index in [4.69, 9.17) is 9.63 Å². The fourth-order valence-electron chi connectivity index (χ4n) is 3.17. The summed E-state index contributed by atoms with van der Waals surface area (Å²) in [6, 6.07) is 19.7. The van der Waals surface area contributed by atoms with Gasteiger partial charge in [-0.05, 0) is 18.2 Å². The third kappa shape index (κ3) is 5.85. The van der Waals surface area contributed by atoms with Gasteiger partial charge in [-0.2, -0.15) is 0 Å². The molecule has 7 nitrogen and oxygen atoms in total. The van der Waals surface area contributed by atoms with Gasteiger partial charge in [-0.3, -0.25) is 14.5 Å². The SMILES string of the molecule is CNCc1ccccc1.O=Cc1cc(-c2ccc(CN3CC(C(=O)O)C3)cc2)on1. The van der Waals surface area contributed by atoms with Crippen molar-refractivity contribution >= 4 is 12.3 Å². The summed E-state index contributed by atoms with van der Waals surface area (Å²) in [6.07, 6.45) is 0.643. The van der Waals surface area contributed by atoms with Crippen molar-refractivity contribution in [2.75, 3.05) is 20.1 Å². The van der Waals surface area contributed by atoms with Crippen molar-refractivity contribution < 1.29 is 19.2 Å². The van der Waals surface area contributed by atoms with E-state index in [1.165, 1.54) is 5.56 Å². The second kappa shape index (κ2) is 10.5. The molecule has 30 heavy (non-hydrogen) atoms. The third-order valence-corrected chi connectivity index (χ3v) is 4.82. The fourth-order valence-corrected chi connectivity index (χ4v) is 3.17. The van der Waals surface area contributed by atoms with E-state index in [1.54, 1.807) is 6.07 Å².